The molecule has 2 aromatic rings. The number of amides is 1. The van der Waals surface area contributed by atoms with Crippen LogP contribution in [0.3, 0.4) is 0 Å². The van der Waals surface area contributed by atoms with Crippen molar-refractivity contribution in [3.8, 4) is 5.75 Å². The number of aryl methyl sites for hydroxylation is 1. The maximum Gasteiger partial charge on any atom is 0.387 e. The normalized spacial score (nSPS) is 17.8. The molecular formula is C14H13F2N3O2S. The summed E-state index contributed by atoms with van der Waals surface area (Å²) in [4.78, 5) is 11.8. The Labute approximate surface area is 129 Å². The summed E-state index contributed by atoms with van der Waals surface area (Å²) in [5.74, 6) is 0.888. The lowest BCUT2D eigenvalue weighted by Gasteiger charge is -2.15. The van der Waals surface area contributed by atoms with Crippen molar-refractivity contribution in [3.05, 3.63) is 41.6 Å². The number of carbonyl (C=O) groups is 1. The van der Waals surface area contributed by atoms with E-state index in [1.54, 1.807) is 30.1 Å². The first-order valence-electron chi connectivity index (χ1n) is 6.52. The van der Waals surface area contributed by atoms with Gasteiger partial charge in [0.15, 0.2) is 0 Å². The van der Waals surface area contributed by atoms with Crippen molar-refractivity contribution in [1.82, 2.24) is 9.78 Å². The molecule has 1 aromatic carbocycles. The number of aromatic nitrogens is 2. The zero-order valence-electron chi connectivity index (χ0n) is 11.6. The summed E-state index contributed by atoms with van der Waals surface area (Å²) in [7, 11) is 1.74. The quantitative estimate of drug-likeness (QED) is 0.943. The predicted molar refractivity (Wildman–Crippen MR) is 79.2 cm³/mol. The van der Waals surface area contributed by atoms with E-state index in [9.17, 15) is 13.6 Å². The first kappa shape index (κ1) is 14.8. The molecule has 3 rings (SSSR count). The first-order chi connectivity index (χ1) is 10.5. The van der Waals surface area contributed by atoms with Crippen LogP contribution in [0, 0.1) is 0 Å². The van der Waals surface area contributed by atoms with E-state index >= 15 is 0 Å². The molecule has 8 heteroatoms. The van der Waals surface area contributed by atoms with E-state index < -0.39 is 6.61 Å². The molecule has 1 atom stereocenters. The third kappa shape index (κ3) is 2.92. The molecule has 0 bridgehead atoms. The highest BCUT2D eigenvalue weighted by molar-refractivity contribution is 8.00. The number of anilines is 1. The van der Waals surface area contributed by atoms with Crippen LogP contribution in [0.15, 0.2) is 30.5 Å². The van der Waals surface area contributed by atoms with Crippen molar-refractivity contribution in [2.24, 2.45) is 7.05 Å². The minimum Gasteiger partial charge on any atom is -0.435 e. The molecule has 0 fully saturated rings. The van der Waals surface area contributed by atoms with Gasteiger partial charge in [0.25, 0.3) is 0 Å². The minimum atomic E-state index is -2.87. The maximum atomic E-state index is 12.4. The summed E-state index contributed by atoms with van der Waals surface area (Å²) < 4.78 is 30.7. The van der Waals surface area contributed by atoms with Crippen molar-refractivity contribution < 1.29 is 18.3 Å². The van der Waals surface area contributed by atoms with Crippen molar-refractivity contribution in [2.75, 3.05) is 11.1 Å². The molecule has 0 saturated heterocycles. The van der Waals surface area contributed by atoms with Crippen molar-refractivity contribution in [2.45, 2.75) is 11.9 Å². The second-order valence-corrected chi connectivity index (χ2v) is 5.86. The largest absolute Gasteiger partial charge is 0.435 e. The van der Waals surface area contributed by atoms with E-state index in [1.807, 2.05) is 6.07 Å². The van der Waals surface area contributed by atoms with Gasteiger partial charge in [-0.25, -0.2) is 0 Å². The Hall–Kier alpha value is -2.09. The number of nitrogens with zero attached hydrogens (tertiary/aromatic N) is 2. The summed E-state index contributed by atoms with van der Waals surface area (Å²) in [6.07, 6.45) is 1.68. The maximum absolute atomic E-state index is 12.4. The van der Waals surface area contributed by atoms with Crippen LogP contribution in [0.2, 0.25) is 0 Å². The van der Waals surface area contributed by atoms with Gasteiger partial charge in [0.05, 0.1) is 17.2 Å². The van der Waals surface area contributed by atoms with Crippen LogP contribution < -0.4 is 10.1 Å². The average molecular weight is 325 g/mol. The first-order valence-corrected chi connectivity index (χ1v) is 7.57. The van der Waals surface area contributed by atoms with Gasteiger partial charge in [-0.05, 0) is 17.7 Å². The number of hydrogen-bond acceptors (Lipinski definition) is 4. The summed E-state index contributed by atoms with van der Waals surface area (Å²) in [6, 6.07) is 6.52. The van der Waals surface area contributed by atoms with Crippen LogP contribution in [0.1, 0.15) is 16.4 Å². The Morgan fingerprint density at radius 2 is 2.32 bits per heavy atom. The van der Waals surface area contributed by atoms with Gasteiger partial charge in [0.1, 0.15) is 11.6 Å². The fourth-order valence-electron chi connectivity index (χ4n) is 2.35. The molecule has 5 nitrogen and oxygen atoms in total. The molecule has 1 aromatic heterocycles. The third-order valence-corrected chi connectivity index (χ3v) is 4.56. The highest BCUT2D eigenvalue weighted by atomic mass is 32.2. The monoisotopic (exact) mass is 325 g/mol. The van der Waals surface area contributed by atoms with E-state index in [0.717, 1.165) is 11.1 Å². The summed E-state index contributed by atoms with van der Waals surface area (Å²) in [6.45, 7) is -2.87. The number of ether oxygens (including phenoxy) is 1. The molecule has 1 aliphatic rings. The summed E-state index contributed by atoms with van der Waals surface area (Å²) >= 11 is 1.42. The molecule has 2 heterocycles. The highest BCUT2D eigenvalue weighted by Crippen LogP contribution is 2.41. The molecule has 0 radical (unpaired) electrons. The number of carbonyl (C=O) groups excluding carboxylic acids is 1. The average Bonchev–Trinajstić information content (AvgIpc) is 2.72. The number of nitrogens with one attached hydrogen (secondary N) is 1. The van der Waals surface area contributed by atoms with Crippen LogP contribution in [-0.4, -0.2) is 28.1 Å². The van der Waals surface area contributed by atoms with E-state index in [4.69, 9.17) is 0 Å². The second-order valence-electron chi connectivity index (χ2n) is 4.76. The summed E-state index contributed by atoms with van der Waals surface area (Å²) in [5.41, 5.74) is 1.63. The van der Waals surface area contributed by atoms with Gasteiger partial charge in [-0.2, -0.15) is 13.9 Å². The van der Waals surface area contributed by atoms with E-state index in [1.165, 1.54) is 17.8 Å². The summed E-state index contributed by atoms with van der Waals surface area (Å²) in [5, 5.41) is 6.79. The van der Waals surface area contributed by atoms with E-state index in [-0.39, 0.29) is 22.7 Å². The Kier molecular flexibility index (Phi) is 4.02. The van der Waals surface area contributed by atoms with Gasteiger partial charge in [-0.15, -0.1) is 11.8 Å². The lowest BCUT2D eigenvalue weighted by atomic mass is 10.1. The van der Waals surface area contributed by atoms with Crippen LogP contribution >= 0.6 is 11.8 Å². The fraction of sp³-hybridized carbons (Fsp3) is 0.286. The van der Waals surface area contributed by atoms with Gasteiger partial charge in [0, 0.05) is 12.6 Å². The standard InChI is InChI=1S/C14H13F2N3O2S/c1-19-13-10(6-17-19)12(22-7-11(20)18-13)8-3-2-4-9(5-8)21-14(15)16/h2-6,12,14H,7H2,1H3,(H,18,20)/t12-/m0/s1. The van der Waals surface area contributed by atoms with Crippen molar-refractivity contribution in [3.63, 3.8) is 0 Å². The molecular weight excluding hydrogens is 312 g/mol. The molecule has 0 unspecified atom stereocenters. The van der Waals surface area contributed by atoms with Crippen LogP contribution in [0.5, 0.6) is 5.75 Å². The fourth-order valence-corrected chi connectivity index (χ4v) is 3.43. The smallest absolute Gasteiger partial charge is 0.387 e. The van der Waals surface area contributed by atoms with E-state index in [2.05, 4.69) is 15.2 Å². The third-order valence-electron chi connectivity index (χ3n) is 3.27. The second kappa shape index (κ2) is 5.96. The van der Waals surface area contributed by atoms with Crippen LogP contribution in [-0.2, 0) is 11.8 Å². The molecule has 0 aliphatic carbocycles. The Bertz CT molecular complexity index is 705. The molecule has 0 saturated carbocycles. The van der Waals surface area contributed by atoms with Gasteiger partial charge >= 0.3 is 6.61 Å². The molecule has 1 amide bonds. The van der Waals surface area contributed by atoms with Crippen LogP contribution in [0.4, 0.5) is 14.6 Å². The number of fused-ring (bicyclic) bond motifs is 1. The lowest BCUT2D eigenvalue weighted by Crippen LogP contribution is -2.15. The number of rotatable bonds is 3. The molecule has 116 valence electrons. The highest BCUT2D eigenvalue weighted by Gasteiger charge is 2.27. The molecule has 0 spiro atoms. The number of thioether (sulfide) groups is 1. The Morgan fingerprint density at radius 1 is 1.50 bits per heavy atom. The van der Waals surface area contributed by atoms with Crippen molar-refractivity contribution in [1.29, 1.82) is 0 Å². The van der Waals surface area contributed by atoms with Gasteiger partial charge in [-0.3, -0.25) is 9.48 Å². The van der Waals surface area contributed by atoms with Gasteiger partial charge < -0.3 is 10.1 Å². The SMILES string of the molecule is Cn1ncc2c1NC(=O)CS[C@H]2c1cccc(OC(F)F)c1. The molecule has 1 aliphatic heterocycles. The topological polar surface area (TPSA) is 56.2 Å². The van der Waals surface area contributed by atoms with Gasteiger partial charge in [-0.1, -0.05) is 12.1 Å². The lowest BCUT2D eigenvalue weighted by molar-refractivity contribution is -0.113. The molecule has 22 heavy (non-hydrogen) atoms. The van der Waals surface area contributed by atoms with Crippen molar-refractivity contribution >= 4 is 23.5 Å². The number of halogens is 2. The molecule has 1 N–H and O–H groups in total. The van der Waals surface area contributed by atoms with Crippen LogP contribution in [0.25, 0.3) is 0 Å². The Balaban J connectivity index is 1.99. The minimum absolute atomic E-state index is 0.0991. The predicted octanol–water partition coefficient (Wildman–Crippen LogP) is 2.80. The number of alkyl halides is 2. The zero-order chi connectivity index (χ0) is 15.7. The van der Waals surface area contributed by atoms with Gasteiger partial charge in [0.2, 0.25) is 5.91 Å². The zero-order valence-corrected chi connectivity index (χ0v) is 12.4. The van der Waals surface area contributed by atoms with E-state index in [0.29, 0.717) is 5.82 Å². The number of benzene rings is 1. The Morgan fingerprint density at radius 3 is 3.09 bits per heavy atom. The number of hydrogen-bond donors (Lipinski definition) is 1.